The van der Waals surface area contributed by atoms with E-state index >= 15 is 0 Å². The van der Waals surface area contributed by atoms with Crippen LogP contribution in [0.4, 0.5) is 17.2 Å². The first-order chi connectivity index (χ1) is 32.0. The summed E-state index contributed by atoms with van der Waals surface area (Å²) in [5, 5.41) is 10.6. The fourth-order valence-electron chi connectivity index (χ4n) is 11.1. The van der Waals surface area contributed by atoms with E-state index in [-0.39, 0.29) is 25.8 Å². The van der Waals surface area contributed by atoms with Crippen molar-refractivity contribution in [3.05, 3.63) is 236 Å². The van der Waals surface area contributed by atoms with Gasteiger partial charge in [-0.15, -0.1) is 34.8 Å². The molecule has 0 aliphatic carbocycles. The molecule has 0 saturated carbocycles. The minimum absolute atomic E-state index is 0. The van der Waals surface area contributed by atoms with Gasteiger partial charge in [0.25, 0.3) is 0 Å². The third-order valence-electron chi connectivity index (χ3n) is 13.9. The molecule has 0 unspecified atom stereocenters. The van der Waals surface area contributed by atoms with Gasteiger partial charge in [0.2, 0.25) is 0 Å². The molecule has 13 rings (SSSR count). The summed E-state index contributed by atoms with van der Waals surface area (Å²) in [5.74, 6) is 0.919. The van der Waals surface area contributed by atoms with Gasteiger partial charge in [0.15, 0.2) is 0 Å². The van der Waals surface area contributed by atoms with Gasteiger partial charge in [-0.3, -0.25) is 4.98 Å². The second-order valence-corrected chi connectivity index (χ2v) is 21.3. The molecule has 0 atom stereocenters. The van der Waals surface area contributed by atoms with Crippen molar-refractivity contribution in [3.8, 4) is 5.69 Å². The van der Waals surface area contributed by atoms with Crippen molar-refractivity contribution in [2.75, 3.05) is 4.90 Å². The number of para-hydroxylation sites is 3. The minimum atomic E-state index is -3.17. The molecule has 66 heavy (non-hydrogen) atoms. The number of imidazole rings is 1. The van der Waals surface area contributed by atoms with Crippen LogP contribution in [0.2, 0.25) is 0 Å². The summed E-state index contributed by atoms with van der Waals surface area (Å²) in [4.78, 5) is 12.5. The molecule has 1 aliphatic rings. The van der Waals surface area contributed by atoms with Gasteiger partial charge >= 0.3 is 20.4 Å². The smallest absolute Gasteiger partial charge is 0.340 e. The molecule has 0 radical (unpaired) electrons. The second-order valence-electron chi connectivity index (χ2n) is 17.6. The van der Waals surface area contributed by atoms with E-state index in [9.17, 15) is 0 Å². The fraction of sp³-hybridized carbons (Fsp3) is 0.0508. The van der Waals surface area contributed by atoms with Crippen LogP contribution >= 0.6 is 0 Å². The molecule has 0 amide bonds. The summed E-state index contributed by atoms with van der Waals surface area (Å²) in [6, 6.07) is 78.9. The Kier molecular flexibility index (Phi) is 9.34. The van der Waals surface area contributed by atoms with E-state index in [1.165, 1.54) is 48.7 Å². The van der Waals surface area contributed by atoms with Gasteiger partial charge in [-0.05, 0) is 63.8 Å². The molecule has 0 spiro atoms. The number of anilines is 3. The quantitative estimate of drug-likeness (QED) is 0.0721. The van der Waals surface area contributed by atoms with E-state index in [4.69, 9.17) is 9.97 Å². The number of fused-ring (bicyclic) bond motifs is 12. The zero-order valence-corrected chi connectivity index (χ0v) is 38.8. The third-order valence-corrected chi connectivity index (χ3v) is 18.5. The third kappa shape index (κ3) is 5.67. The molecule has 5 nitrogen and oxygen atoms in total. The van der Waals surface area contributed by atoms with Crippen LogP contribution in [-0.2, 0) is 25.8 Å². The summed E-state index contributed by atoms with van der Waals surface area (Å²) in [6.07, 6.45) is 5.88. The van der Waals surface area contributed by atoms with Gasteiger partial charge in [0.05, 0.1) is 22.4 Å². The van der Waals surface area contributed by atoms with Gasteiger partial charge in [0.1, 0.15) is 13.9 Å². The molecule has 5 heterocycles. The maximum absolute atomic E-state index is 5.21. The summed E-state index contributed by atoms with van der Waals surface area (Å²) in [7, 11) is -3.17. The van der Waals surface area contributed by atoms with Gasteiger partial charge in [-0.1, -0.05) is 146 Å². The van der Waals surface area contributed by atoms with Crippen molar-refractivity contribution in [2.24, 2.45) is 0 Å². The Morgan fingerprint density at radius 1 is 0.515 bits per heavy atom. The average molecular weight is 955 g/mol. The van der Waals surface area contributed by atoms with Crippen molar-refractivity contribution >= 4 is 95.1 Å². The number of nitrogens with zero attached hydrogens (tertiary/aromatic N) is 5. The van der Waals surface area contributed by atoms with Crippen LogP contribution in [0.1, 0.15) is 25.0 Å². The maximum Gasteiger partial charge on any atom is 2.00 e. The summed E-state index contributed by atoms with van der Waals surface area (Å²) < 4.78 is 4.61. The molecule has 4 aromatic heterocycles. The molecule has 0 bridgehead atoms. The van der Waals surface area contributed by atoms with Crippen molar-refractivity contribution in [2.45, 2.75) is 19.3 Å². The van der Waals surface area contributed by atoms with Crippen molar-refractivity contribution < 1.29 is 20.4 Å². The van der Waals surface area contributed by atoms with E-state index in [0.29, 0.717) is 0 Å². The number of benzene rings is 8. The van der Waals surface area contributed by atoms with E-state index in [2.05, 4.69) is 240 Å². The number of pyridine rings is 2. The zero-order valence-electron chi connectivity index (χ0n) is 36.3. The molecular formula is C59H41N5PdSi. The Morgan fingerprint density at radius 2 is 1.18 bits per heavy atom. The van der Waals surface area contributed by atoms with Gasteiger partial charge in [-0.25, -0.2) is 4.98 Å². The zero-order chi connectivity index (χ0) is 43.3. The molecule has 0 fully saturated rings. The maximum atomic E-state index is 5.21. The Hall–Kier alpha value is -7.40. The Labute approximate surface area is 397 Å². The molecular weight excluding hydrogens is 913 g/mol. The molecule has 7 heteroatoms. The number of aromatic nitrogens is 4. The van der Waals surface area contributed by atoms with Gasteiger partial charge in [0, 0.05) is 51.5 Å². The van der Waals surface area contributed by atoms with E-state index in [1.54, 1.807) is 0 Å². The van der Waals surface area contributed by atoms with Gasteiger partial charge in [-0.2, -0.15) is 23.4 Å². The van der Waals surface area contributed by atoms with E-state index in [0.717, 1.165) is 55.2 Å². The summed E-state index contributed by atoms with van der Waals surface area (Å²) in [6.45, 7) is 4.71. The summed E-state index contributed by atoms with van der Waals surface area (Å²) >= 11 is 0. The van der Waals surface area contributed by atoms with Crippen molar-refractivity contribution in [1.29, 1.82) is 0 Å². The number of rotatable bonds is 6. The topological polar surface area (TPSA) is 38.4 Å². The van der Waals surface area contributed by atoms with Crippen molar-refractivity contribution in [3.63, 3.8) is 0 Å². The number of hydrogen-bond acceptors (Lipinski definition) is 3. The molecule has 1 aliphatic heterocycles. The largest absolute Gasteiger partial charge is 2.00 e. The first-order valence-electron chi connectivity index (χ1n) is 22.3. The monoisotopic (exact) mass is 953 g/mol. The summed E-state index contributed by atoms with van der Waals surface area (Å²) in [5.41, 5.74) is 9.64. The standard InChI is InChI=1S/C59H41N5Si.Pd/c1-59(2)50-28-17-35-60-58(50)64(54-34-33-53-55(56(54)59)48-27-13-15-30-52(48)63(53)40-18-6-3-7-19-40)41-20-16-25-44(38-41)65(42-21-8-4-9-22-42,43-23-10-5-11-24-43)45-31-32-46-47-26-12-14-29-51(47)62-37-36-61-57(62)49(46)39-45;/h3-37H,1-2H3;/q-2;+2. The second kappa shape index (κ2) is 15.4. The average Bonchev–Trinajstić information content (AvgIpc) is 4.00. The molecule has 0 N–H and O–H groups in total. The van der Waals surface area contributed by atoms with Crippen molar-refractivity contribution in [1.82, 2.24) is 18.9 Å². The SMILES string of the molecule is CC1(C)c2cccnc2N(c2[c-]c([Si](c3[c-]c4c(cc3)c3ccccc3n3ccnc43)(c3ccccc3)c3ccccc3)ccc2)c2ccc3c(c21)c1ccccc1n3-c1ccccc1.[Pd+2]. The van der Waals surface area contributed by atoms with Crippen LogP contribution in [-0.4, -0.2) is 27.0 Å². The van der Waals surface area contributed by atoms with Crippen LogP contribution in [0.5, 0.6) is 0 Å². The van der Waals surface area contributed by atoms with E-state index in [1.807, 2.05) is 12.4 Å². The minimum Gasteiger partial charge on any atom is -0.340 e. The fourth-order valence-corrected chi connectivity index (χ4v) is 15.7. The Bertz CT molecular complexity index is 3780. The number of hydrogen-bond donors (Lipinski definition) is 0. The predicted molar refractivity (Wildman–Crippen MR) is 270 cm³/mol. The normalized spacial score (nSPS) is 13.3. The van der Waals surface area contributed by atoms with Crippen LogP contribution < -0.4 is 25.6 Å². The van der Waals surface area contributed by atoms with Gasteiger partial charge < -0.3 is 13.9 Å². The van der Waals surface area contributed by atoms with Crippen LogP contribution in [0, 0.1) is 12.1 Å². The van der Waals surface area contributed by atoms with Crippen LogP contribution in [0.3, 0.4) is 0 Å². The first-order valence-corrected chi connectivity index (χ1v) is 24.3. The molecule has 0 saturated heterocycles. The first kappa shape index (κ1) is 40.1. The molecule has 12 aromatic rings. The molecule has 316 valence electrons. The Balaban J connectivity index is 0.00000456. The van der Waals surface area contributed by atoms with E-state index < -0.39 is 8.07 Å². The molecule has 8 aromatic carbocycles. The van der Waals surface area contributed by atoms with Crippen LogP contribution in [0.15, 0.2) is 213 Å². The predicted octanol–water partition coefficient (Wildman–Crippen LogP) is 11.2. The Morgan fingerprint density at radius 3 is 1.94 bits per heavy atom. The van der Waals surface area contributed by atoms with Crippen LogP contribution in [0.25, 0.3) is 54.8 Å².